The molecular weight excluding hydrogens is 324 g/mol. The molecule has 9 nitrogen and oxygen atoms in total. The smallest absolute Gasteiger partial charge is 0.276 e. The van der Waals surface area contributed by atoms with Gasteiger partial charge < -0.3 is 5.32 Å². The first kappa shape index (κ1) is 16.4. The summed E-state index contributed by atoms with van der Waals surface area (Å²) in [6.07, 6.45) is 0. The predicted molar refractivity (Wildman–Crippen MR) is 80.3 cm³/mol. The van der Waals surface area contributed by atoms with Gasteiger partial charge in [-0.25, -0.2) is 18.2 Å². The number of sulfonamides is 1. The van der Waals surface area contributed by atoms with Crippen LogP contribution in [-0.4, -0.2) is 30.4 Å². The Morgan fingerprint density at radius 3 is 2.26 bits per heavy atom. The summed E-state index contributed by atoms with van der Waals surface area (Å²) in [5, 5.41) is 8.19. The molecule has 1 aromatic carbocycles. The number of carbonyl (C=O) groups excluding carboxylic acids is 2. The van der Waals surface area contributed by atoms with Crippen LogP contribution in [0.5, 0.6) is 0 Å². The summed E-state index contributed by atoms with van der Waals surface area (Å²) in [5.41, 5.74) is -0.113. The minimum atomic E-state index is -3.93. The number of aromatic amines is 1. The van der Waals surface area contributed by atoms with Crippen molar-refractivity contribution in [2.24, 2.45) is 0 Å². The summed E-state index contributed by atoms with van der Waals surface area (Å²) in [5.74, 6) is -1.27. The highest BCUT2D eigenvalue weighted by Gasteiger charge is 2.15. The van der Waals surface area contributed by atoms with Gasteiger partial charge in [0.15, 0.2) is 0 Å². The van der Waals surface area contributed by atoms with Gasteiger partial charge in [-0.1, -0.05) is 0 Å². The fourth-order valence-corrected chi connectivity index (χ4v) is 2.62. The Balaban J connectivity index is 2.14. The third-order valence-electron chi connectivity index (χ3n) is 2.61. The lowest BCUT2D eigenvalue weighted by molar-refractivity contribution is -0.117. The summed E-state index contributed by atoms with van der Waals surface area (Å²) < 4.78 is 25.4. The van der Waals surface area contributed by atoms with Crippen LogP contribution in [0.1, 0.15) is 17.4 Å². The lowest BCUT2D eigenvalue weighted by Gasteiger charge is -2.07. The number of rotatable bonds is 4. The van der Waals surface area contributed by atoms with Gasteiger partial charge in [-0.3, -0.25) is 14.4 Å². The lowest BCUT2D eigenvalue weighted by atomic mass is 10.3. The van der Waals surface area contributed by atoms with Crippen LogP contribution in [0.3, 0.4) is 0 Å². The summed E-state index contributed by atoms with van der Waals surface area (Å²) in [6, 6.07) is 7.60. The topological polar surface area (TPSA) is 138 Å². The Hall–Kier alpha value is -3.01. The molecule has 120 valence electrons. The second-order valence-electron chi connectivity index (χ2n) is 4.45. The number of nitrogens with one attached hydrogen (secondary N) is 3. The monoisotopic (exact) mass is 336 g/mol. The van der Waals surface area contributed by atoms with Crippen LogP contribution in [0, 0.1) is 0 Å². The molecular formula is C13H12N4O5S. The molecule has 1 aromatic heterocycles. The second-order valence-corrected chi connectivity index (χ2v) is 6.13. The van der Waals surface area contributed by atoms with Gasteiger partial charge in [0, 0.05) is 18.7 Å². The lowest BCUT2D eigenvalue weighted by Crippen LogP contribution is -2.28. The van der Waals surface area contributed by atoms with Crippen LogP contribution in [0.4, 0.5) is 5.69 Å². The van der Waals surface area contributed by atoms with Gasteiger partial charge in [0.1, 0.15) is 5.69 Å². The number of hydrogen-bond acceptors (Lipinski definition) is 6. The molecule has 0 saturated carbocycles. The van der Waals surface area contributed by atoms with Crippen LogP contribution in [0.25, 0.3) is 0 Å². The fourth-order valence-electron chi connectivity index (χ4n) is 1.63. The molecule has 10 heteroatoms. The Kier molecular flexibility index (Phi) is 4.55. The van der Waals surface area contributed by atoms with E-state index in [4.69, 9.17) is 0 Å². The highest BCUT2D eigenvalue weighted by Crippen LogP contribution is 2.14. The second kappa shape index (κ2) is 6.40. The van der Waals surface area contributed by atoms with Crippen molar-refractivity contribution in [3.63, 3.8) is 0 Å². The number of aromatic nitrogens is 2. The average Bonchev–Trinajstić information content (AvgIpc) is 2.47. The van der Waals surface area contributed by atoms with Crippen molar-refractivity contribution in [2.75, 3.05) is 5.32 Å². The van der Waals surface area contributed by atoms with E-state index in [1.54, 1.807) is 0 Å². The molecule has 0 fully saturated rings. The number of H-pyrrole nitrogens is 1. The van der Waals surface area contributed by atoms with Gasteiger partial charge in [0.05, 0.1) is 4.90 Å². The van der Waals surface area contributed by atoms with E-state index in [2.05, 4.69) is 15.5 Å². The molecule has 0 aliphatic carbocycles. The number of benzene rings is 1. The van der Waals surface area contributed by atoms with Crippen molar-refractivity contribution >= 4 is 27.5 Å². The molecule has 0 bridgehead atoms. The molecule has 0 radical (unpaired) electrons. The number of anilines is 1. The molecule has 0 unspecified atom stereocenters. The van der Waals surface area contributed by atoms with Gasteiger partial charge in [0.2, 0.25) is 5.91 Å². The highest BCUT2D eigenvalue weighted by molar-refractivity contribution is 7.90. The molecule has 2 amide bonds. The van der Waals surface area contributed by atoms with Crippen molar-refractivity contribution in [3.05, 3.63) is 52.4 Å². The Labute approximate surface area is 130 Å². The SMILES string of the molecule is CC(=O)NS(=O)(=O)c1ccc(NC(=O)c2ccc(=O)[nH]n2)cc1. The van der Waals surface area contributed by atoms with E-state index in [0.29, 0.717) is 5.69 Å². The zero-order valence-corrected chi connectivity index (χ0v) is 12.7. The zero-order valence-electron chi connectivity index (χ0n) is 11.9. The minimum Gasteiger partial charge on any atom is -0.321 e. The summed E-state index contributed by atoms with van der Waals surface area (Å²) in [7, 11) is -3.93. The standard InChI is InChI=1S/C13H12N4O5S/c1-8(18)17-23(21,22)10-4-2-9(3-5-10)14-13(20)11-6-7-12(19)16-15-11/h2-7H,1H3,(H,14,20)(H,16,19)(H,17,18). The van der Waals surface area contributed by atoms with Crippen molar-refractivity contribution in [1.29, 1.82) is 0 Å². The Morgan fingerprint density at radius 1 is 1.09 bits per heavy atom. The molecule has 3 N–H and O–H groups in total. The van der Waals surface area contributed by atoms with Gasteiger partial charge in [-0.15, -0.1) is 0 Å². The van der Waals surface area contributed by atoms with Crippen LogP contribution in [0.15, 0.2) is 46.1 Å². The van der Waals surface area contributed by atoms with Gasteiger partial charge in [-0.05, 0) is 30.3 Å². The first-order valence-electron chi connectivity index (χ1n) is 6.28. The summed E-state index contributed by atoms with van der Waals surface area (Å²) >= 11 is 0. The van der Waals surface area contributed by atoms with Crippen LogP contribution in [-0.2, 0) is 14.8 Å². The summed E-state index contributed by atoms with van der Waals surface area (Å²) in [6.45, 7) is 1.09. The fraction of sp³-hybridized carbons (Fsp3) is 0.0769. The quantitative estimate of drug-likeness (QED) is 0.709. The first-order valence-corrected chi connectivity index (χ1v) is 7.77. The third-order valence-corrected chi connectivity index (χ3v) is 4.06. The number of nitrogens with zero attached hydrogens (tertiary/aromatic N) is 1. The van der Waals surface area contributed by atoms with E-state index in [0.717, 1.165) is 13.0 Å². The minimum absolute atomic E-state index is 0.000422. The average molecular weight is 336 g/mol. The maximum atomic E-state index is 11.9. The van der Waals surface area contributed by atoms with Gasteiger partial charge in [0.25, 0.3) is 21.5 Å². The first-order chi connectivity index (χ1) is 10.8. The van der Waals surface area contributed by atoms with Crippen molar-refractivity contribution < 1.29 is 18.0 Å². The van der Waals surface area contributed by atoms with E-state index in [1.165, 1.54) is 30.3 Å². The van der Waals surface area contributed by atoms with Crippen LogP contribution in [0.2, 0.25) is 0 Å². The van der Waals surface area contributed by atoms with Gasteiger partial charge in [-0.2, -0.15) is 5.10 Å². The van der Waals surface area contributed by atoms with Crippen molar-refractivity contribution in [2.45, 2.75) is 11.8 Å². The number of amides is 2. The molecule has 0 saturated heterocycles. The van der Waals surface area contributed by atoms with E-state index < -0.39 is 27.4 Å². The normalized spacial score (nSPS) is 10.8. The van der Waals surface area contributed by atoms with E-state index in [-0.39, 0.29) is 10.6 Å². The maximum absolute atomic E-state index is 11.9. The Morgan fingerprint density at radius 2 is 1.74 bits per heavy atom. The van der Waals surface area contributed by atoms with Crippen LogP contribution >= 0.6 is 0 Å². The zero-order chi connectivity index (χ0) is 17.0. The molecule has 0 aliphatic heterocycles. The molecule has 1 heterocycles. The van der Waals surface area contributed by atoms with Crippen molar-refractivity contribution in [1.82, 2.24) is 14.9 Å². The molecule has 23 heavy (non-hydrogen) atoms. The highest BCUT2D eigenvalue weighted by atomic mass is 32.2. The van der Waals surface area contributed by atoms with E-state index in [1.807, 2.05) is 4.72 Å². The Bertz CT molecular complexity index is 882. The maximum Gasteiger partial charge on any atom is 0.276 e. The van der Waals surface area contributed by atoms with Crippen LogP contribution < -0.4 is 15.6 Å². The van der Waals surface area contributed by atoms with Crippen molar-refractivity contribution in [3.8, 4) is 0 Å². The number of carbonyl (C=O) groups is 2. The molecule has 2 aromatic rings. The molecule has 0 atom stereocenters. The van der Waals surface area contributed by atoms with Gasteiger partial charge >= 0.3 is 0 Å². The molecule has 2 rings (SSSR count). The summed E-state index contributed by atoms with van der Waals surface area (Å²) in [4.78, 5) is 33.5. The molecule has 0 spiro atoms. The van der Waals surface area contributed by atoms with E-state index >= 15 is 0 Å². The predicted octanol–water partition coefficient (Wildman–Crippen LogP) is -0.153. The largest absolute Gasteiger partial charge is 0.321 e. The number of hydrogen-bond donors (Lipinski definition) is 3. The third kappa shape index (κ3) is 4.23. The van der Waals surface area contributed by atoms with E-state index in [9.17, 15) is 22.8 Å². The molecule has 0 aliphatic rings.